The van der Waals surface area contributed by atoms with Crippen molar-refractivity contribution in [1.29, 1.82) is 0 Å². The molecule has 0 aliphatic carbocycles. The second kappa shape index (κ2) is 69.7. The van der Waals surface area contributed by atoms with Crippen molar-refractivity contribution < 1.29 is 91.9 Å². The van der Waals surface area contributed by atoms with E-state index in [4.69, 9.17) is 18.9 Å². The van der Waals surface area contributed by atoms with E-state index in [0.29, 0.717) is 13.2 Å². The van der Waals surface area contributed by atoms with E-state index in [0.717, 1.165) is 26.2 Å². The third-order valence-corrected chi connectivity index (χ3v) is 29.1. The third kappa shape index (κ3) is 40.5. The quantitative estimate of drug-likeness (QED) is 0.0212. The van der Waals surface area contributed by atoms with Crippen LogP contribution in [0.3, 0.4) is 0 Å². The van der Waals surface area contributed by atoms with E-state index < -0.39 is 31.7 Å². The molecule has 0 bridgehead atoms. The SMILES string of the molecule is CCCCC.CCCCC.CO[CH-]C[n+]1[c-]n(CCOC)c(C)c1C.CO[CH-]C[n+]1[c-]n(CCOC)c(C)c1C.[Cl-].[Cl-].[Ru+2].[Ru+2].c1ccc(P(c2ccccc2)c2ccccc2)cc1.c1ccc(P(c2ccccc2)c2ccccc2)cc1.c1ccc(P(c2ccccc2)c2ccccc2)cc1.c1ccc(P(c2ccccc2)c2ccccc2)cc1.c1ccccc1. The van der Waals surface area contributed by atoms with Crippen LogP contribution < -0.4 is 97.6 Å². The molecule has 0 saturated carbocycles. The van der Waals surface area contributed by atoms with Crippen LogP contribution in [0, 0.1) is 53.6 Å². The number of methoxy groups -OCH3 is 4. The van der Waals surface area contributed by atoms with Gasteiger partial charge in [-0.05, 0) is 145 Å². The summed E-state index contributed by atoms with van der Waals surface area (Å²) in [6.45, 7) is 25.2. The van der Waals surface area contributed by atoms with Crippen LogP contribution in [0.15, 0.2) is 400 Å². The van der Waals surface area contributed by atoms with Crippen molar-refractivity contribution in [2.45, 2.75) is 120 Å². The molecule has 0 radical (unpaired) electrons. The van der Waals surface area contributed by atoms with Crippen molar-refractivity contribution >= 4 is 95.3 Å². The molecule has 0 spiro atoms. The van der Waals surface area contributed by atoms with Gasteiger partial charge in [0, 0.05) is 14.2 Å². The zero-order valence-electron chi connectivity index (χ0n) is 75.4. The molecular formula is C110H128Cl2N4O4P4Ru2. The van der Waals surface area contributed by atoms with E-state index in [1.807, 2.05) is 45.5 Å². The monoisotopic (exact) mass is 1970 g/mol. The smallest absolute Gasteiger partial charge is 1.00 e. The number of ether oxygens (including phenoxy) is 4. The van der Waals surface area contributed by atoms with Crippen LogP contribution in [0.25, 0.3) is 0 Å². The summed E-state index contributed by atoms with van der Waals surface area (Å²) in [6.07, 6.45) is 14.7. The van der Waals surface area contributed by atoms with E-state index in [9.17, 15) is 0 Å². The summed E-state index contributed by atoms with van der Waals surface area (Å²) in [5.41, 5.74) is 4.85. The fraction of sp³-hybridized carbons (Fsp3) is 0.218. The summed E-state index contributed by atoms with van der Waals surface area (Å²) in [5.74, 6) is 0. The molecule has 126 heavy (non-hydrogen) atoms. The number of imidazole rings is 2. The Bertz CT molecular complexity index is 4040. The molecule has 0 amide bonds. The van der Waals surface area contributed by atoms with E-state index in [1.54, 1.807) is 41.7 Å². The van der Waals surface area contributed by atoms with E-state index in [1.165, 1.54) is 125 Å². The minimum Gasteiger partial charge on any atom is -1.00 e. The Kier molecular flexibility index (Phi) is 61.9. The van der Waals surface area contributed by atoms with Crippen LogP contribution in [-0.4, -0.2) is 50.8 Å². The molecule has 0 N–H and O–H groups in total. The average molecular weight is 1970 g/mol. The number of nitrogens with zero attached hydrogens (tertiary/aromatic N) is 4. The normalized spacial score (nSPS) is 10.0. The van der Waals surface area contributed by atoms with Crippen molar-refractivity contribution in [1.82, 2.24) is 9.13 Å². The van der Waals surface area contributed by atoms with Crippen molar-refractivity contribution in [3.05, 3.63) is 449 Å². The summed E-state index contributed by atoms with van der Waals surface area (Å²) in [6, 6.07) is 141. The molecule has 0 aliphatic heterocycles. The van der Waals surface area contributed by atoms with E-state index in [2.05, 4.69) is 441 Å². The van der Waals surface area contributed by atoms with Gasteiger partial charge in [0.15, 0.2) is 0 Å². The Balaban J connectivity index is 0.000000375. The Morgan fingerprint density at radius 1 is 0.254 bits per heavy atom. The Morgan fingerprint density at radius 2 is 0.397 bits per heavy atom. The van der Waals surface area contributed by atoms with Gasteiger partial charge in [-0.3, -0.25) is 0 Å². The van der Waals surface area contributed by atoms with Gasteiger partial charge in [0.05, 0.1) is 26.3 Å². The summed E-state index contributed by atoms with van der Waals surface area (Å²) >= 11 is 0. The molecule has 0 atom stereocenters. The molecular weight excluding hydrogens is 1840 g/mol. The largest absolute Gasteiger partial charge is 2.00 e. The number of rotatable bonds is 28. The minimum absolute atomic E-state index is 0. The first kappa shape index (κ1) is 112. The van der Waals surface area contributed by atoms with Gasteiger partial charge in [0.25, 0.3) is 0 Å². The molecule has 0 saturated heterocycles. The summed E-state index contributed by atoms with van der Waals surface area (Å²) in [4.78, 5) is 0. The summed E-state index contributed by atoms with van der Waals surface area (Å²) < 4.78 is 28.2. The molecule has 8 nitrogen and oxygen atoms in total. The van der Waals surface area contributed by atoms with E-state index in [-0.39, 0.29) is 63.8 Å². The molecule has 662 valence electrons. The van der Waals surface area contributed by atoms with Crippen molar-refractivity contribution in [3.63, 3.8) is 0 Å². The van der Waals surface area contributed by atoms with Crippen LogP contribution in [0.1, 0.15) is 89.0 Å². The first-order valence-corrected chi connectivity index (χ1v) is 47.9. The Morgan fingerprint density at radius 3 is 0.516 bits per heavy atom. The van der Waals surface area contributed by atoms with Crippen molar-refractivity contribution in [2.24, 2.45) is 0 Å². The molecule has 0 aliphatic rings. The standard InChI is InChI=1S/4C18H15P.2C11H19N2O2.C6H6.2C5H12.2ClH.2Ru/c4*1-4-10-16(11-5-1)19(17-12-6-2-7-13-17)18-14-8-3-9-15-18;2*1-10-11(2)13(6-8-15-4)9-12(10)5-7-14-3;1-2-4-6-5-3-1;2*1-3-5-4-2;;;;/h4*1-15H;2*7H,5-6,8H2,1-4H3;1-6H;2*3-5H2,1-2H3;2*1H;;/q;;;;2*-1;;;;;;2*+2/p-2. The zero-order valence-corrected chi connectivity index (χ0v) is 84.0. The number of benzene rings is 13. The molecule has 15 aromatic rings. The average Bonchev–Trinajstić information content (AvgIpc) is 1.42. The zero-order chi connectivity index (χ0) is 86.7. The van der Waals surface area contributed by atoms with Gasteiger partial charge in [-0.15, -0.1) is 0 Å². The summed E-state index contributed by atoms with van der Waals surface area (Å²) in [7, 11) is 4.94. The molecule has 16 heteroatoms. The van der Waals surface area contributed by atoms with Gasteiger partial charge in [0.2, 0.25) is 12.7 Å². The topological polar surface area (TPSA) is 54.5 Å². The maximum Gasteiger partial charge on any atom is 2.00 e. The van der Waals surface area contributed by atoms with E-state index >= 15 is 0 Å². The van der Waals surface area contributed by atoms with Crippen molar-refractivity contribution in [3.8, 4) is 0 Å². The number of unbranched alkanes of at least 4 members (excludes halogenated alkanes) is 4. The second-order valence-corrected chi connectivity index (χ2v) is 37.0. The van der Waals surface area contributed by atoms with Gasteiger partial charge >= 0.3 is 39.0 Å². The minimum atomic E-state index is -0.446. The predicted molar refractivity (Wildman–Crippen MR) is 530 cm³/mol. The van der Waals surface area contributed by atoms with Gasteiger partial charge in [-0.1, -0.05) is 494 Å². The summed E-state index contributed by atoms with van der Waals surface area (Å²) in [5, 5.41) is 16.8. The molecule has 2 aromatic heterocycles. The number of aromatic nitrogens is 4. The third-order valence-electron chi connectivity index (χ3n) is 19.3. The number of halogens is 2. The Hall–Kier alpha value is -8.33. The van der Waals surface area contributed by atoms with Crippen LogP contribution in [-0.2, 0) is 84.1 Å². The fourth-order valence-corrected chi connectivity index (χ4v) is 21.9. The molecule has 2 heterocycles. The fourth-order valence-electron chi connectivity index (χ4n) is 12.6. The van der Waals surface area contributed by atoms with Crippen LogP contribution in [0.2, 0.25) is 0 Å². The second-order valence-electron chi connectivity index (χ2n) is 28.1. The molecule has 0 unspecified atom stereocenters. The molecule has 0 fully saturated rings. The van der Waals surface area contributed by atoms with Gasteiger partial charge in [-0.2, -0.15) is 13.2 Å². The first-order valence-electron chi connectivity index (χ1n) is 42.5. The van der Waals surface area contributed by atoms with Crippen molar-refractivity contribution in [2.75, 3.05) is 41.7 Å². The van der Waals surface area contributed by atoms with Gasteiger partial charge < -0.3 is 62.0 Å². The molecule has 13 aromatic carbocycles. The maximum atomic E-state index is 5.05. The van der Waals surface area contributed by atoms with Crippen LogP contribution in [0.5, 0.6) is 0 Å². The van der Waals surface area contributed by atoms with Gasteiger partial charge in [-0.25, -0.2) is 0 Å². The number of hydrogen-bond donors (Lipinski definition) is 0. The van der Waals surface area contributed by atoms with Crippen LogP contribution >= 0.6 is 31.7 Å². The number of hydrogen-bond acceptors (Lipinski definition) is 4. The predicted octanol–water partition coefficient (Wildman–Crippen LogP) is 15.2. The van der Waals surface area contributed by atoms with Crippen LogP contribution in [0.4, 0.5) is 0 Å². The maximum absolute atomic E-state index is 5.05. The first-order chi connectivity index (χ1) is 60.0. The Labute approximate surface area is 800 Å². The molecule has 15 rings (SSSR count). The van der Waals surface area contributed by atoms with Gasteiger partial charge in [0.1, 0.15) is 0 Å².